The Morgan fingerprint density at radius 2 is 1.64 bits per heavy atom. The van der Waals surface area contributed by atoms with Crippen molar-refractivity contribution < 1.29 is 37.8 Å². The van der Waals surface area contributed by atoms with E-state index in [0.29, 0.717) is 25.1 Å². The van der Waals surface area contributed by atoms with Gasteiger partial charge in [-0.1, -0.05) is 44.2 Å². The zero-order valence-electron chi connectivity index (χ0n) is 24.3. The lowest BCUT2D eigenvalue weighted by Gasteiger charge is -2.34. The number of carbonyl (C=O) groups is 3. The van der Waals surface area contributed by atoms with Crippen molar-refractivity contribution in [3.05, 3.63) is 83.2 Å². The Balaban J connectivity index is 1.91. The number of benzene rings is 2. The number of sulfone groups is 1. The van der Waals surface area contributed by atoms with Crippen LogP contribution in [0.3, 0.4) is 0 Å². The van der Waals surface area contributed by atoms with Crippen LogP contribution in [0.25, 0.3) is 0 Å². The van der Waals surface area contributed by atoms with Gasteiger partial charge >= 0.3 is 11.9 Å². The SMILES string of the molecule is CCn1c(C(=O)N[C@@H](CCC(=O)O)C(=O)O)ccc1C(CC)(CC)c1ccc(OCS(=O)(=O)c2ccccc2)c(C)c1. The van der Waals surface area contributed by atoms with Crippen molar-refractivity contribution in [1.29, 1.82) is 0 Å². The van der Waals surface area contributed by atoms with Crippen LogP contribution in [0.5, 0.6) is 5.75 Å². The smallest absolute Gasteiger partial charge is 0.326 e. The average Bonchev–Trinajstić information content (AvgIpc) is 3.40. The zero-order valence-corrected chi connectivity index (χ0v) is 25.1. The molecule has 10 nitrogen and oxygen atoms in total. The first kappa shape index (κ1) is 32.4. The van der Waals surface area contributed by atoms with E-state index in [1.54, 1.807) is 30.3 Å². The first-order valence-corrected chi connectivity index (χ1v) is 15.5. The minimum atomic E-state index is -3.63. The van der Waals surface area contributed by atoms with Crippen molar-refractivity contribution in [3.63, 3.8) is 0 Å². The van der Waals surface area contributed by atoms with Crippen LogP contribution < -0.4 is 10.1 Å². The van der Waals surface area contributed by atoms with E-state index >= 15 is 0 Å². The number of aliphatic carboxylic acids is 2. The summed E-state index contributed by atoms with van der Waals surface area (Å²) in [5, 5.41) is 20.9. The molecule has 0 spiro atoms. The largest absolute Gasteiger partial charge is 0.481 e. The number of carboxylic acids is 2. The predicted molar refractivity (Wildman–Crippen MR) is 158 cm³/mol. The standard InChI is InChI=1S/C31H38N2O8S/c1-5-31(6-2,22-13-16-26(21(4)19-22)41-20-42(39,40)23-11-9-8-10-12-23)27-17-15-25(33(27)7-3)29(36)32-24(30(37)38)14-18-28(34)35/h8-13,15-17,19,24H,5-7,14,18,20H2,1-4H3,(H,32,36)(H,34,35)(H,37,38)/t24-/m0/s1. The molecule has 1 heterocycles. The van der Waals surface area contributed by atoms with Crippen molar-refractivity contribution in [2.75, 3.05) is 5.94 Å². The lowest BCUT2D eigenvalue weighted by molar-refractivity contribution is -0.140. The van der Waals surface area contributed by atoms with Gasteiger partial charge in [-0.15, -0.1) is 0 Å². The van der Waals surface area contributed by atoms with E-state index in [0.717, 1.165) is 16.8 Å². The van der Waals surface area contributed by atoms with Crippen molar-refractivity contribution in [2.45, 2.75) is 76.3 Å². The Morgan fingerprint density at radius 1 is 0.976 bits per heavy atom. The fraction of sp³-hybridized carbons (Fsp3) is 0.387. The van der Waals surface area contributed by atoms with Gasteiger partial charge in [0.2, 0.25) is 9.84 Å². The van der Waals surface area contributed by atoms with Gasteiger partial charge in [-0.2, -0.15) is 0 Å². The number of amides is 1. The van der Waals surface area contributed by atoms with Gasteiger partial charge in [0.15, 0.2) is 5.94 Å². The fourth-order valence-corrected chi connectivity index (χ4v) is 6.29. The number of aromatic nitrogens is 1. The van der Waals surface area contributed by atoms with Gasteiger partial charge in [0, 0.05) is 24.1 Å². The second kappa shape index (κ2) is 13.7. The molecule has 0 aliphatic heterocycles. The third-order valence-corrected chi connectivity index (χ3v) is 9.10. The summed E-state index contributed by atoms with van der Waals surface area (Å²) < 4.78 is 33.0. The summed E-state index contributed by atoms with van der Waals surface area (Å²) in [5.74, 6) is -3.08. The van der Waals surface area contributed by atoms with Crippen LogP contribution >= 0.6 is 0 Å². The Hall–Kier alpha value is -4.12. The van der Waals surface area contributed by atoms with Crippen LogP contribution in [0.1, 0.15) is 73.8 Å². The van der Waals surface area contributed by atoms with Crippen LogP contribution in [0.15, 0.2) is 65.6 Å². The summed E-state index contributed by atoms with van der Waals surface area (Å²) in [7, 11) is -3.63. The monoisotopic (exact) mass is 598 g/mol. The van der Waals surface area contributed by atoms with E-state index in [1.165, 1.54) is 12.1 Å². The summed E-state index contributed by atoms with van der Waals surface area (Å²) >= 11 is 0. The number of hydrogen-bond donors (Lipinski definition) is 3. The highest BCUT2D eigenvalue weighted by atomic mass is 32.2. The molecule has 226 valence electrons. The van der Waals surface area contributed by atoms with E-state index in [1.807, 2.05) is 36.6 Å². The molecule has 42 heavy (non-hydrogen) atoms. The van der Waals surface area contributed by atoms with E-state index in [2.05, 4.69) is 19.2 Å². The van der Waals surface area contributed by atoms with Crippen molar-refractivity contribution in [2.24, 2.45) is 0 Å². The summed E-state index contributed by atoms with van der Waals surface area (Å²) in [6.07, 6.45) is 0.757. The van der Waals surface area contributed by atoms with Gasteiger partial charge < -0.3 is 24.8 Å². The quantitative estimate of drug-likeness (QED) is 0.226. The molecule has 1 aromatic heterocycles. The normalized spacial score (nSPS) is 12.5. The molecular weight excluding hydrogens is 560 g/mol. The van der Waals surface area contributed by atoms with Gasteiger partial charge in [-0.05, 0) is 74.6 Å². The van der Waals surface area contributed by atoms with Crippen LogP contribution in [0.2, 0.25) is 0 Å². The molecule has 0 aliphatic carbocycles. The number of ether oxygens (including phenoxy) is 1. The lowest BCUT2D eigenvalue weighted by Crippen LogP contribution is -2.42. The Labute approximate surface area is 246 Å². The molecule has 1 atom stereocenters. The number of carboxylic acid groups (broad SMARTS) is 2. The second-order valence-electron chi connectivity index (χ2n) is 10.1. The van der Waals surface area contributed by atoms with Crippen LogP contribution in [0.4, 0.5) is 0 Å². The van der Waals surface area contributed by atoms with Crippen LogP contribution in [-0.4, -0.2) is 53.0 Å². The average molecular weight is 599 g/mol. The van der Waals surface area contributed by atoms with E-state index in [-0.39, 0.29) is 23.4 Å². The molecule has 2 aromatic carbocycles. The molecule has 0 saturated heterocycles. The number of nitrogens with one attached hydrogen (secondary N) is 1. The highest BCUT2D eigenvalue weighted by Gasteiger charge is 2.35. The molecule has 3 rings (SSSR count). The molecule has 0 saturated carbocycles. The third-order valence-electron chi connectivity index (χ3n) is 7.68. The minimum absolute atomic E-state index is 0.187. The second-order valence-corrected chi connectivity index (χ2v) is 12.0. The van der Waals surface area contributed by atoms with Gasteiger partial charge in [-0.25, -0.2) is 13.2 Å². The summed E-state index contributed by atoms with van der Waals surface area (Å²) in [6, 6.07) is 15.9. The van der Waals surface area contributed by atoms with E-state index < -0.39 is 45.1 Å². The number of hydrogen-bond acceptors (Lipinski definition) is 6. The highest BCUT2D eigenvalue weighted by Crippen LogP contribution is 2.41. The summed E-state index contributed by atoms with van der Waals surface area (Å²) in [6.45, 7) is 8.29. The zero-order chi connectivity index (χ0) is 31.1. The molecule has 1 amide bonds. The number of rotatable bonds is 15. The maximum atomic E-state index is 13.2. The summed E-state index contributed by atoms with van der Waals surface area (Å²) in [4.78, 5) is 36.0. The fourth-order valence-electron chi connectivity index (χ4n) is 5.30. The van der Waals surface area contributed by atoms with Gasteiger partial charge in [0.1, 0.15) is 17.5 Å². The van der Waals surface area contributed by atoms with Crippen LogP contribution in [-0.2, 0) is 31.4 Å². The lowest BCUT2D eigenvalue weighted by atomic mass is 9.72. The van der Waals surface area contributed by atoms with Gasteiger partial charge in [0.25, 0.3) is 5.91 Å². The molecule has 0 radical (unpaired) electrons. The van der Waals surface area contributed by atoms with Crippen molar-refractivity contribution >= 4 is 27.7 Å². The summed E-state index contributed by atoms with van der Waals surface area (Å²) in [5.41, 5.74) is 2.37. The molecular formula is C31H38N2O8S. The van der Waals surface area contributed by atoms with Crippen molar-refractivity contribution in [1.82, 2.24) is 9.88 Å². The molecule has 11 heteroatoms. The van der Waals surface area contributed by atoms with E-state index in [9.17, 15) is 27.9 Å². The maximum absolute atomic E-state index is 13.2. The Kier molecular flexibility index (Phi) is 10.6. The van der Waals surface area contributed by atoms with Gasteiger partial charge in [-0.3, -0.25) is 9.59 Å². The molecule has 0 fully saturated rings. The number of nitrogens with zero attached hydrogens (tertiary/aromatic N) is 1. The first-order valence-electron chi connectivity index (χ1n) is 13.9. The van der Waals surface area contributed by atoms with Crippen molar-refractivity contribution in [3.8, 4) is 5.75 Å². The van der Waals surface area contributed by atoms with Gasteiger partial charge in [0.05, 0.1) is 4.90 Å². The molecule has 0 aliphatic rings. The topological polar surface area (TPSA) is 152 Å². The van der Waals surface area contributed by atoms with Crippen LogP contribution in [0, 0.1) is 6.92 Å². The minimum Gasteiger partial charge on any atom is -0.481 e. The molecule has 0 bridgehead atoms. The predicted octanol–water partition coefficient (Wildman–Crippen LogP) is 4.78. The molecule has 3 aromatic rings. The molecule has 0 unspecified atom stereocenters. The molecule has 3 N–H and O–H groups in total. The number of carbonyl (C=O) groups excluding carboxylic acids is 1. The highest BCUT2D eigenvalue weighted by molar-refractivity contribution is 7.91. The maximum Gasteiger partial charge on any atom is 0.326 e. The Morgan fingerprint density at radius 3 is 2.19 bits per heavy atom. The third kappa shape index (κ3) is 7.02. The number of aryl methyl sites for hydroxylation is 1. The van der Waals surface area contributed by atoms with E-state index in [4.69, 9.17) is 9.84 Å². The first-order chi connectivity index (χ1) is 19.9. The Bertz CT molecular complexity index is 1530.